The third-order valence-electron chi connectivity index (χ3n) is 2.73. The number of hydrogen-bond donors (Lipinski definition) is 2. The first-order chi connectivity index (χ1) is 6.68. The predicted molar refractivity (Wildman–Crippen MR) is 57.3 cm³/mol. The highest BCUT2D eigenvalue weighted by atomic mass is 16.1. The summed E-state index contributed by atoms with van der Waals surface area (Å²) >= 11 is 0. The molecule has 0 aliphatic carbocycles. The predicted octanol–water partition coefficient (Wildman–Crippen LogP) is 2.08. The minimum absolute atomic E-state index is 0.0117. The molecule has 0 saturated carbocycles. The average molecular weight is 190 g/mol. The van der Waals surface area contributed by atoms with E-state index in [1.165, 1.54) is 0 Å². The summed E-state index contributed by atoms with van der Waals surface area (Å²) in [7, 11) is 0. The number of rotatable bonds is 0. The zero-order valence-corrected chi connectivity index (χ0v) is 8.37. The maximum absolute atomic E-state index is 11.6. The number of para-hydroxylation sites is 2. The van der Waals surface area contributed by atoms with Crippen molar-refractivity contribution in [2.75, 3.05) is 10.6 Å². The van der Waals surface area contributed by atoms with E-state index in [9.17, 15) is 4.79 Å². The van der Waals surface area contributed by atoms with Crippen LogP contribution < -0.4 is 10.6 Å². The van der Waals surface area contributed by atoms with Gasteiger partial charge in [-0.05, 0) is 19.1 Å². The summed E-state index contributed by atoms with van der Waals surface area (Å²) < 4.78 is 0. The first kappa shape index (κ1) is 9.06. The lowest BCUT2D eigenvalue weighted by Gasteiger charge is -2.16. The van der Waals surface area contributed by atoms with E-state index in [1.54, 1.807) is 0 Å². The highest BCUT2D eigenvalue weighted by Gasteiger charge is 2.24. The molecule has 0 aromatic heterocycles. The minimum atomic E-state index is -0.0117. The molecule has 1 aromatic rings. The number of fused-ring (bicyclic) bond motifs is 1. The molecule has 1 aliphatic rings. The van der Waals surface area contributed by atoms with E-state index in [1.807, 2.05) is 38.1 Å². The Morgan fingerprint density at radius 3 is 2.50 bits per heavy atom. The normalized spacial score (nSPS) is 25.7. The average Bonchev–Trinajstić information content (AvgIpc) is 2.28. The van der Waals surface area contributed by atoms with E-state index < -0.39 is 0 Å². The molecule has 0 fully saturated rings. The number of amides is 1. The zero-order chi connectivity index (χ0) is 10.1. The number of anilines is 2. The van der Waals surface area contributed by atoms with Crippen molar-refractivity contribution in [1.29, 1.82) is 0 Å². The Kier molecular flexibility index (Phi) is 2.15. The molecule has 0 unspecified atom stereocenters. The zero-order valence-electron chi connectivity index (χ0n) is 8.37. The van der Waals surface area contributed by atoms with Crippen LogP contribution in [0.3, 0.4) is 0 Å². The van der Waals surface area contributed by atoms with Crippen LogP contribution in [0.4, 0.5) is 11.4 Å². The lowest BCUT2D eigenvalue weighted by molar-refractivity contribution is -0.119. The molecule has 1 heterocycles. The van der Waals surface area contributed by atoms with Gasteiger partial charge in [-0.2, -0.15) is 0 Å². The highest BCUT2D eigenvalue weighted by molar-refractivity contribution is 5.97. The minimum Gasteiger partial charge on any atom is -0.380 e. The molecular weight excluding hydrogens is 176 g/mol. The van der Waals surface area contributed by atoms with E-state index in [2.05, 4.69) is 10.6 Å². The van der Waals surface area contributed by atoms with Crippen molar-refractivity contribution in [3.63, 3.8) is 0 Å². The van der Waals surface area contributed by atoms with Crippen LogP contribution in [0.25, 0.3) is 0 Å². The molecule has 0 saturated heterocycles. The van der Waals surface area contributed by atoms with Gasteiger partial charge in [-0.15, -0.1) is 0 Å². The van der Waals surface area contributed by atoms with Gasteiger partial charge in [0.1, 0.15) is 0 Å². The van der Waals surface area contributed by atoms with Crippen molar-refractivity contribution < 1.29 is 4.79 Å². The lowest BCUT2D eigenvalue weighted by Crippen LogP contribution is -2.30. The van der Waals surface area contributed by atoms with Gasteiger partial charge in [0.15, 0.2) is 0 Å². The number of carbonyl (C=O) groups excluding carboxylic acids is 1. The lowest BCUT2D eigenvalue weighted by atomic mass is 10.0. The van der Waals surface area contributed by atoms with Crippen molar-refractivity contribution in [3.8, 4) is 0 Å². The van der Waals surface area contributed by atoms with E-state index in [0.717, 1.165) is 11.4 Å². The summed E-state index contributed by atoms with van der Waals surface area (Å²) in [6.07, 6.45) is 0. The molecule has 0 radical (unpaired) electrons. The number of nitrogens with one attached hydrogen (secondary N) is 2. The Morgan fingerprint density at radius 2 is 1.79 bits per heavy atom. The number of benzene rings is 1. The van der Waals surface area contributed by atoms with Crippen LogP contribution in [-0.2, 0) is 4.79 Å². The monoisotopic (exact) mass is 190 g/mol. The van der Waals surface area contributed by atoms with Crippen LogP contribution in [0.15, 0.2) is 24.3 Å². The molecule has 74 valence electrons. The van der Waals surface area contributed by atoms with Gasteiger partial charge in [0.2, 0.25) is 5.91 Å². The fraction of sp³-hybridized carbons (Fsp3) is 0.364. The second-order valence-electron chi connectivity index (χ2n) is 3.76. The van der Waals surface area contributed by atoms with Crippen LogP contribution in [0.1, 0.15) is 13.8 Å². The van der Waals surface area contributed by atoms with Gasteiger partial charge in [-0.1, -0.05) is 19.1 Å². The first-order valence-electron chi connectivity index (χ1n) is 4.85. The summed E-state index contributed by atoms with van der Waals surface area (Å²) in [4.78, 5) is 11.6. The van der Waals surface area contributed by atoms with Crippen molar-refractivity contribution in [3.05, 3.63) is 24.3 Å². The SMILES string of the molecule is C[C@@H]1Nc2ccccc2NC(=O)[C@@H]1C. The van der Waals surface area contributed by atoms with Crippen molar-refractivity contribution in [2.45, 2.75) is 19.9 Å². The molecule has 1 amide bonds. The van der Waals surface area contributed by atoms with Crippen molar-refractivity contribution in [1.82, 2.24) is 0 Å². The Bertz CT molecular complexity index is 362. The van der Waals surface area contributed by atoms with Crippen LogP contribution in [0, 0.1) is 5.92 Å². The molecular formula is C11H14N2O. The fourth-order valence-corrected chi connectivity index (χ4v) is 1.56. The van der Waals surface area contributed by atoms with E-state index in [0.29, 0.717) is 0 Å². The topological polar surface area (TPSA) is 41.1 Å². The van der Waals surface area contributed by atoms with Crippen LogP contribution >= 0.6 is 0 Å². The maximum atomic E-state index is 11.6. The smallest absolute Gasteiger partial charge is 0.229 e. The van der Waals surface area contributed by atoms with Crippen molar-refractivity contribution in [2.24, 2.45) is 5.92 Å². The van der Waals surface area contributed by atoms with Crippen molar-refractivity contribution >= 4 is 17.3 Å². The Morgan fingerprint density at radius 1 is 1.14 bits per heavy atom. The Labute approximate surface area is 83.5 Å². The Hall–Kier alpha value is -1.51. The van der Waals surface area contributed by atoms with Crippen LogP contribution in [-0.4, -0.2) is 11.9 Å². The Balaban J connectivity index is 2.39. The molecule has 0 spiro atoms. The highest BCUT2D eigenvalue weighted by Crippen LogP contribution is 2.27. The van der Waals surface area contributed by atoms with Gasteiger partial charge in [0, 0.05) is 6.04 Å². The number of hydrogen-bond acceptors (Lipinski definition) is 2. The molecule has 1 aliphatic heterocycles. The molecule has 14 heavy (non-hydrogen) atoms. The summed E-state index contributed by atoms with van der Waals surface area (Å²) in [6, 6.07) is 7.93. The molecule has 3 nitrogen and oxygen atoms in total. The summed E-state index contributed by atoms with van der Waals surface area (Å²) in [6.45, 7) is 3.95. The van der Waals surface area contributed by atoms with Crippen LogP contribution in [0.2, 0.25) is 0 Å². The van der Waals surface area contributed by atoms with E-state index >= 15 is 0 Å². The molecule has 3 heteroatoms. The third kappa shape index (κ3) is 1.45. The third-order valence-corrected chi connectivity index (χ3v) is 2.73. The van der Waals surface area contributed by atoms with Gasteiger partial charge in [0.05, 0.1) is 17.3 Å². The van der Waals surface area contributed by atoms with Gasteiger partial charge >= 0.3 is 0 Å². The standard InChI is InChI=1S/C11H14N2O/c1-7-8(2)12-9-5-3-4-6-10(9)13-11(7)14/h3-8,12H,1-2H3,(H,13,14)/t7-,8+/m1/s1. The van der Waals surface area contributed by atoms with Gasteiger partial charge in [0.25, 0.3) is 0 Å². The molecule has 0 bridgehead atoms. The molecule has 2 atom stereocenters. The molecule has 1 aromatic carbocycles. The van der Waals surface area contributed by atoms with Crippen LogP contribution in [0.5, 0.6) is 0 Å². The summed E-state index contributed by atoms with van der Waals surface area (Å²) in [5, 5.41) is 6.22. The number of carbonyl (C=O) groups is 1. The second kappa shape index (κ2) is 3.33. The molecule has 2 rings (SSSR count). The van der Waals surface area contributed by atoms with Gasteiger partial charge < -0.3 is 10.6 Å². The second-order valence-corrected chi connectivity index (χ2v) is 3.76. The van der Waals surface area contributed by atoms with E-state index in [4.69, 9.17) is 0 Å². The van der Waals surface area contributed by atoms with Gasteiger partial charge in [-0.3, -0.25) is 4.79 Å². The first-order valence-corrected chi connectivity index (χ1v) is 4.85. The van der Waals surface area contributed by atoms with E-state index in [-0.39, 0.29) is 17.9 Å². The molecule has 2 N–H and O–H groups in total. The van der Waals surface area contributed by atoms with Gasteiger partial charge in [-0.25, -0.2) is 0 Å². The quantitative estimate of drug-likeness (QED) is 0.657. The summed E-state index contributed by atoms with van der Waals surface area (Å²) in [5.74, 6) is 0.0670. The summed E-state index contributed by atoms with van der Waals surface area (Å²) in [5.41, 5.74) is 1.87. The largest absolute Gasteiger partial charge is 0.380 e. The fourth-order valence-electron chi connectivity index (χ4n) is 1.56. The maximum Gasteiger partial charge on any atom is 0.229 e.